The Labute approximate surface area is 155 Å². The van der Waals surface area contributed by atoms with Gasteiger partial charge in [-0.3, -0.25) is 4.79 Å². The average Bonchev–Trinajstić information content (AvgIpc) is 3.17. The second-order valence-electron chi connectivity index (χ2n) is 8.03. The number of carbonyl (C=O) groups is 1. The molecule has 25 heavy (non-hydrogen) atoms. The molecule has 2 saturated carbocycles. The summed E-state index contributed by atoms with van der Waals surface area (Å²) >= 11 is 0. The maximum Gasteiger partial charge on any atom is 0.233 e. The van der Waals surface area contributed by atoms with E-state index < -0.39 is 5.41 Å². The zero-order valence-electron chi connectivity index (χ0n) is 14.6. The van der Waals surface area contributed by atoms with E-state index in [0.717, 1.165) is 57.2 Å². The highest BCUT2D eigenvalue weighted by Crippen LogP contribution is 2.44. The predicted molar refractivity (Wildman–Crippen MR) is 99.2 cm³/mol. The van der Waals surface area contributed by atoms with E-state index in [1.807, 2.05) is 11.0 Å². The van der Waals surface area contributed by atoms with Crippen molar-refractivity contribution in [2.75, 3.05) is 13.1 Å². The van der Waals surface area contributed by atoms with Crippen LogP contribution in [-0.4, -0.2) is 29.9 Å². The molecule has 0 radical (unpaired) electrons. The molecule has 0 spiro atoms. The molecule has 1 amide bonds. The molecule has 5 heteroatoms. The van der Waals surface area contributed by atoms with Gasteiger partial charge in [-0.25, -0.2) is 4.39 Å². The summed E-state index contributed by atoms with van der Waals surface area (Å²) in [5.74, 6) is 0.999. The fourth-order valence-electron chi connectivity index (χ4n) is 5.34. The molecule has 138 valence electrons. The molecule has 1 saturated heterocycles. The number of halogens is 2. The molecule has 1 aromatic rings. The van der Waals surface area contributed by atoms with Gasteiger partial charge in [0.05, 0.1) is 5.41 Å². The van der Waals surface area contributed by atoms with E-state index >= 15 is 0 Å². The van der Waals surface area contributed by atoms with E-state index in [9.17, 15) is 9.18 Å². The topological polar surface area (TPSA) is 46.3 Å². The van der Waals surface area contributed by atoms with Crippen molar-refractivity contribution in [2.45, 2.75) is 56.4 Å². The first kappa shape index (κ1) is 18.7. The Bertz CT molecular complexity index is 632. The van der Waals surface area contributed by atoms with Crippen LogP contribution in [0.25, 0.3) is 0 Å². The predicted octanol–water partition coefficient (Wildman–Crippen LogP) is 3.65. The quantitative estimate of drug-likeness (QED) is 0.868. The third-order valence-corrected chi connectivity index (χ3v) is 6.69. The first-order chi connectivity index (χ1) is 11.6. The van der Waals surface area contributed by atoms with Crippen molar-refractivity contribution in [1.29, 1.82) is 0 Å². The number of hydrogen-bond donors (Lipinski definition) is 1. The lowest BCUT2D eigenvalue weighted by Gasteiger charge is -2.39. The third kappa shape index (κ3) is 3.19. The van der Waals surface area contributed by atoms with Crippen LogP contribution in [-0.2, 0) is 10.2 Å². The lowest BCUT2D eigenvalue weighted by Crippen LogP contribution is -2.48. The lowest BCUT2D eigenvalue weighted by molar-refractivity contribution is -0.138. The van der Waals surface area contributed by atoms with Crippen molar-refractivity contribution < 1.29 is 9.18 Å². The number of amides is 1. The van der Waals surface area contributed by atoms with Gasteiger partial charge in [0.1, 0.15) is 5.82 Å². The van der Waals surface area contributed by atoms with Gasteiger partial charge in [0, 0.05) is 19.1 Å². The van der Waals surface area contributed by atoms with Gasteiger partial charge in [-0.15, -0.1) is 12.4 Å². The summed E-state index contributed by atoms with van der Waals surface area (Å²) in [6.07, 6.45) is 7.17. The first-order valence-electron chi connectivity index (χ1n) is 9.41. The highest BCUT2D eigenvalue weighted by Gasteiger charge is 2.49. The molecule has 2 N–H and O–H groups in total. The van der Waals surface area contributed by atoms with Gasteiger partial charge in [-0.1, -0.05) is 31.4 Å². The zero-order valence-corrected chi connectivity index (χ0v) is 15.4. The Kier molecular flexibility index (Phi) is 5.40. The molecule has 3 unspecified atom stereocenters. The SMILES string of the molecule is Cl.NC1CCC2CN(C(=O)C3(c4cccc(F)c4)CCCCC3)CC12. The Morgan fingerprint density at radius 2 is 1.92 bits per heavy atom. The molecule has 2 aliphatic carbocycles. The molecule has 1 heterocycles. The molecule has 3 fully saturated rings. The lowest BCUT2D eigenvalue weighted by atomic mass is 9.68. The number of nitrogens with zero attached hydrogens (tertiary/aromatic N) is 1. The van der Waals surface area contributed by atoms with Crippen molar-refractivity contribution in [1.82, 2.24) is 4.90 Å². The van der Waals surface area contributed by atoms with Crippen LogP contribution < -0.4 is 5.73 Å². The maximum atomic E-state index is 13.8. The van der Waals surface area contributed by atoms with Crippen LogP contribution in [0, 0.1) is 17.7 Å². The van der Waals surface area contributed by atoms with E-state index in [1.165, 1.54) is 12.5 Å². The van der Waals surface area contributed by atoms with Crippen LogP contribution in [0.15, 0.2) is 24.3 Å². The van der Waals surface area contributed by atoms with Crippen LogP contribution in [0.1, 0.15) is 50.5 Å². The number of benzene rings is 1. The number of likely N-dealkylation sites (tertiary alicyclic amines) is 1. The molecule has 3 aliphatic rings. The van der Waals surface area contributed by atoms with E-state index in [1.54, 1.807) is 12.1 Å². The Morgan fingerprint density at radius 1 is 1.16 bits per heavy atom. The minimum Gasteiger partial charge on any atom is -0.341 e. The normalized spacial score (nSPS) is 30.6. The Morgan fingerprint density at radius 3 is 2.60 bits per heavy atom. The Hall–Kier alpha value is -1.13. The number of nitrogens with two attached hydrogens (primary N) is 1. The summed E-state index contributed by atoms with van der Waals surface area (Å²) < 4.78 is 13.8. The molecular formula is C20H28ClFN2O. The summed E-state index contributed by atoms with van der Waals surface area (Å²) in [4.78, 5) is 15.6. The number of carbonyl (C=O) groups excluding carboxylic acids is 1. The van der Waals surface area contributed by atoms with Crippen molar-refractivity contribution in [3.63, 3.8) is 0 Å². The van der Waals surface area contributed by atoms with Gasteiger partial charge >= 0.3 is 0 Å². The van der Waals surface area contributed by atoms with Gasteiger partial charge < -0.3 is 10.6 Å². The van der Waals surface area contributed by atoms with Gasteiger partial charge in [0.2, 0.25) is 5.91 Å². The van der Waals surface area contributed by atoms with Crippen LogP contribution >= 0.6 is 12.4 Å². The summed E-state index contributed by atoms with van der Waals surface area (Å²) in [7, 11) is 0. The van der Waals surface area contributed by atoms with Gasteiger partial charge in [0.25, 0.3) is 0 Å². The fraction of sp³-hybridized carbons (Fsp3) is 0.650. The van der Waals surface area contributed by atoms with Crippen LogP contribution in [0.5, 0.6) is 0 Å². The molecule has 0 bridgehead atoms. The van der Waals surface area contributed by atoms with E-state index in [2.05, 4.69) is 0 Å². The minimum absolute atomic E-state index is 0. The highest BCUT2D eigenvalue weighted by molar-refractivity contribution is 5.88. The molecular weight excluding hydrogens is 339 g/mol. The third-order valence-electron chi connectivity index (χ3n) is 6.69. The molecule has 0 aromatic heterocycles. The number of hydrogen-bond acceptors (Lipinski definition) is 2. The summed E-state index contributed by atoms with van der Waals surface area (Å²) in [6, 6.07) is 6.96. The monoisotopic (exact) mass is 366 g/mol. The largest absolute Gasteiger partial charge is 0.341 e. The van der Waals surface area contributed by atoms with Crippen LogP contribution in [0.3, 0.4) is 0 Å². The van der Waals surface area contributed by atoms with Crippen molar-refractivity contribution in [3.8, 4) is 0 Å². The van der Waals surface area contributed by atoms with Gasteiger partial charge in [-0.2, -0.15) is 0 Å². The fourth-order valence-corrected chi connectivity index (χ4v) is 5.34. The molecule has 4 rings (SSSR count). The molecule has 1 aliphatic heterocycles. The van der Waals surface area contributed by atoms with E-state index in [4.69, 9.17) is 5.73 Å². The smallest absolute Gasteiger partial charge is 0.233 e. The summed E-state index contributed by atoms with van der Waals surface area (Å²) in [5, 5.41) is 0. The first-order valence-corrected chi connectivity index (χ1v) is 9.41. The summed E-state index contributed by atoms with van der Waals surface area (Å²) in [5.41, 5.74) is 6.58. The van der Waals surface area contributed by atoms with Crippen molar-refractivity contribution >= 4 is 18.3 Å². The van der Waals surface area contributed by atoms with Crippen molar-refractivity contribution in [2.24, 2.45) is 17.6 Å². The van der Waals surface area contributed by atoms with Crippen molar-refractivity contribution in [3.05, 3.63) is 35.6 Å². The van der Waals surface area contributed by atoms with E-state index in [-0.39, 0.29) is 30.2 Å². The van der Waals surface area contributed by atoms with Gasteiger partial charge in [-0.05, 0) is 55.2 Å². The van der Waals surface area contributed by atoms with E-state index in [0.29, 0.717) is 11.8 Å². The maximum absolute atomic E-state index is 13.8. The molecule has 3 nitrogen and oxygen atoms in total. The molecule has 1 aromatic carbocycles. The zero-order chi connectivity index (χ0) is 16.7. The average molecular weight is 367 g/mol. The standard InChI is InChI=1S/C20H27FN2O.ClH/c21-16-6-4-5-15(11-16)20(9-2-1-3-10-20)19(24)23-12-14-7-8-18(22)17(14)13-23;/h4-6,11,14,17-18H,1-3,7-10,12-13,22H2;1H. The second kappa shape index (κ2) is 7.24. The highest BCUT2D eigenvalue weighted by atomic mass is 35.5. The number of rotatable bonds is 2. The molecule has 3 atom stereocenters. The second-order valence-corrected chi connectivity index (χ2v) is 8.03. The number of fused-ring (bicyclic) bond motifs is 1. The van der Waals surface area contributed by atoms with Crippen LogP contribution in [0.2, 0.25) is 0 Å². The van der Waals surface area contributed by atoms with Gasteiger partial charge in [0.15, 0.2) is 0 Å². The van der Waals surface area contributed by atoms with Crippen LogP contribution in [0.4, 0.5) is 4.39 Å². The minimum atomic E-state index is -0.525. The Balaban J connectivity index is 0.00000182. The summed E-state index contributed by atoms with van der Waals surface area (Å²) in [6.45, 7) is 1.63.